The van der Waals surface area contributed by atoms with Gasteiger partial charge in [-0.05, 0) is 13.3 Å². The van der Waals surface area contributed by atoms with Gasteiger partial charge in [-0.1, -0.05) is 18.2 Å². The zero-order valence-corrected chi connectivity index (χ0v) is 7.17. The van der Waals surface area contributed by atoms with Crippen molar-refractivity contribution in [1.29, 1.82) is 0 Å². The van der Waals surface area contributed by atoms with E-state index in [2.05, 4.69) is 0 Å². The summed E-state index contributed by atoms with van der Waals surface area (Å²) in [5.41, 5.74) is -0.569. The highest BCUT2D eigenvalue weighted by Crippen LogP contribution is 2.34. The van der Waals surface area contributed by atoms with Gasteiger partial charge in [-0.15, -0.1) is 0 Å². The Hall–Kier alpha value is -0.770. The fraction of sp³-hybridized carbons (Fsp3) is 0.556. The van der Waals surface area contributed by atoms with Gasteiger partial charge in [-0.3, -0.25) is 0 Å². The Morgan fingerprint density at radius 2 is 2.15 bits per heavy atom. The molecule has 0 saturated heterocycles. The van der Waals surface area contributed by atoms with Gasteiger partial charge in [0.25, 0.3) is 0 Å². The van der Waals surface area contributed by atoms with Crippen molar-refractivity contribution in [1.82, 2.24) is 0 Å². The summed E-state index contributed by atoms with van der Waals surface area (Å²) in [6, 6.07) is 0. The number of hydrogen-bond acceptors (Lipinski definition) is 1. The van der Waals surface area contributed by atoms with E-state index in [1.807, 2.05) is 0 Å². The molecule has 0 fully saturated rings. The highest BCUT2D eigenvalue weighted by Gasteiger charge is 2.35. The molecule has 74 valence electrons. The SMILES string of the molecule is CC(O)C1C=CC=C(C(F)(F)F)C1. The van der Waals surface area contributed by atoms with Crippen LogP contribution in [0.15, 0.2) is 23.8 Å². The monoisotopic (exact) mass is 192 g/mol. The van der Waals surface area contributed by atoms with E-state index >= 15 is 0 Å². The van der Waals surface area contributed by atoms with Crippen LogP contribution in [0.4, 0.5) is 13.2 Å². The third-order valence-corrected chi connectivity index (χ3v) is 2.10. The summed E-state index contributed by atoms with van der Waals surface area (Å²) < 4.78 is 36.6. The molecule has 1 aliphatic rings. The molecule has 0 heterocycles. The molecule has 13 heavy (non-hydrogen) atoms. The fourth-order valence-electron chi connectivity index (χ4n) is 1.25. The highest BCUT2D eigenvalue weighted by atomic mass is 19.4. The second-order valence-corrected chi connectivity index (χ2v) is 3.18. The Morgan fingerprint density at radius 1 is 1.54 bits per heavy atom. The molecule has 0 saturated carbocycles. The van der Waals surface area contributed by atoms with Crippen molar-refractivity contribution in [2.45, 2.75) is 25.6 Å². The molecular formula is C9H11F3O. The van der Waals surface area contributed by atoms with E-state index in [0.717, 1.165) is 6.08 Å². The van der Waals surface area contributed by atoms with Crippen molar-refractivity contribution in [3.05, 3.63) is 23.8 Å². The summed E-state index contributed by atoms with van der Waals surface area (Å²) in [5.74, 6) is -0.415. The third-order valence-electron chi connectivity index (χ3n) is 2.10. The van der Waals surface area contributed by atoms with Crippen molar-refractivity contribution < 1.29 is 18.3 Å². The number of allylic oxidation sites excluding steroid dienone is 3. The maximum atomic E-state index is 12.2. The van der Waals surface area contributed by atoms with Crippen LogP contribution in [0.25, 0.3) is 0 Å². The Kier molecular flexibility index (Phi) is 2.81. The Labute approximate surface area is 74.6 Å². The first kappa shape index (κ1) is 10.3. The summed E-state index contributed by atoms with van der Waals surface area (Å²) in [5, 5.41) is 9.11. The molecule has 0 radical (unpaired) electrons. The summed E-state index contributed by atoms with van der Waals surface area (Å²) in [6.07, 6.45) is -1.12. The molecule has 0 spiro atoms. The summed E-state index contributed by atoms with van der Waals surface area (Å²) in [6.45, 7) is 1.49. The van der Waals surface area contributed by atoms with Gasteiger partial charge in [-0.25, -0.2) is 0 Å². The maximum Gasteiger partial charge on any atom is 0.412 e. The molecule has 0 aliphatic heterocycles. The van der Waals surface area contributed by atoms with E-state index < -0.39 is 23.8 Å². The van der Waals surface area contributed by atoms with Gasteiger partial charge in [0.2, 0.25) is 0 Å². The van der Waals surface area contributed by atoms with E-state index in [4.69, 9.17) is 5.11 Å². The number of rotatable bonds is 1. The van der Waals surface area contributed by atoms with E-state index in [-0.39, 0.29) is 6.42 Å². The molecular weight excluding hydrogens is 181 g/mol. The van der Waals surface area contributed by atoms with Gasteiger partial charge < -0.3 is 5.11 Å². The quantitative estimate of drug-likeness (QED) is 0.676. The molecule has 2 unspecified atom stereocenters. The highest BCUT2D eigenvalue weighted by molar-refractivity contribution is 5.23. The second-order valence-electron chi connectivity index (χ2n) is 3.18. The van der Waals surface area contributed by atoms with Gasteiger partial charge in [0.05, 0.1) is 6.10 Å². The first-order valence-corrected chi connectivity index (χ1v) is 4.04. The third kappa shape index (κ3) is 2.59. The number of aliphatic hydroxyl groups excluding tert-OH is 1. The molecule has 1 N–H and O–H groups in total. The topological polar surface area (TPSA) is 20.2 Å². The van der Waals surface area contributed by atoms with E-state index in [1.165, 1.54) is 13.0 Å². The number of alkyl halides is 3. The van der Waals surface area contributed by atoms with Crippen LogP contribution in [-0.4, -0.2) is 17.4 Å². The first-order valence-electron chi connectivity index (χ1n) is 4.04. The van der Waals surface area contributed by atoms with Gasteiger partial charge in [-0.2, -0.15) is 13.2 Å². The van der Waals surface area contributed by atoms with Gasteiger partial charge in [0.15, 0.2) is 0 Å². The Balaban J connectivity index is 2.72. The Bertz CT molecular complexity index is 238. The normalized spacial score (nSPS) is 25.6. The zero-order valence-electron chi connectivity index (χ0n) is 7.17. The summed E-state index contributed by atoms with van der Waals surface area (Å²) in [7, 11) is 0. The zero-order chi connectivity index (χ0) is 10.1. The van der Waals surface area contributed by atoms with Crippen LogP contribution >= 0.6 is 0 Å². The molecule has 0 aromatic carbocycles. The molecule has 4 heteroatoms. The molecule has 1 rings (SSSR count). The second kappa shape index (κ2) is 3.54. The lowest BCUT2D eigenvalue weighted by Crippen LogP contribution is -2.22. The maximum absolute atomic E-state index is 12.2. The lowest BCUT2D eigenvalue weighted by Gasteiger charge is -2.22. The van der Waals surface area contributed by atoms with Gasteiger partial charge in [0.1, 0.15) is 0 Å². The summed E-state index contributed by atoms with van der Waals surface area (Å²) in [4.78, 5) is 0. The minimum Gasteiger partial charge on any atom is -0.393 e. The standard InChI is InChI=1S/C9H11F3O/c1-6(13)7-3-2-4-8(5-7)9(10,11)12/h2-4,6-7,13H,5H2,1H3. The van der Waals surface area contributed by atoms with Gasteiger partial charge in [0, 0.05) is 11.5 Å². The summed E-state index contributed by atoms with van der Waals surface area (Å²) >= 11 is 0. The van der Waals surface area contributed by atoms with Crippen LogP contribution in [0, 0.1) is 5.92 Å². The lowest BCUT2D eigenvalue weighted by atomic mass is 9.90. The smallest absolute Gasteiger partial charge is 0.393 e. The minimum atomic E-state index is -4.27. The van der Waals surface area contributed by atoms with Crippen molar-refractivity contribution in [2.75, 3.05) is 0 Å². The lowest BCUT2D eigenvalue weighted by molar-refractivity contribution is -0.0960. The van der Waals surface area contributed by atoms with Crippen molar-refractivity contribution in [3.63, 3.8) is 0 Å². The molecule has 0 aromatic rings. The van der Waals surface area contributed by atoms with Crippen LogP contribution in [-0.2, 0) is 0 Å². The molecule has 2 atom stereocenters. The van der Waals surface area contributed by atoms with Crippen molar-refractivity contribution in [2.24, 2.45) is 5.92 Å². The average molecular weight is 192 g/mol. The van der Waals surface area contributed by atoms with E-state index in [9.17, 15) is 13.2 Å². The predicted octanol–water partition coefficient (Wildman–Crippen LogP) is 2.43. The number of halogens is 3. The molecule has 0 bridgehead atoms. The molecule has 1 nitrogen and oxygen atoms in total. The van der Waals surface area contributed by atoms with Crippen molar-refractivity contribution >= 4 is 0 Å². The number of hydrogen-bond donors (Lipinski definition) is 1. The van der Waals surface area contributed by atoms with Crippen LogP contribution in [0.3, 0.4) is 0 Å². The van der Waals surface area contributed by atoms with E-state index in [1.54, 1.807) is 6.08 Å². The predicted molar refractivity (Wildman–Crippen MR) is 43.1 cm³/mol. The molecule has 0 amide bonds. The van der Waals surface area contributed by atoms with Crippen LogP contribution in [0.1, 0.15) is 13.3 Å². The van der Waals surface area contributed by atoms with E-state index in [0.29, 0.717) is 0 Å². The van der Waals surface area contributed by atoms with Crippen LogP contribution < -0.4 is 0 Å². The van der Waals surface area contributed by atoms with Crippen molar-refractivity contribution in [3.8, 4) is 0 Å². The average Bonchev–Trinajstić information content (AvgIpc) is 2.03. The molecule has 0 aromatic heterocycles. The first-order chi connectivity index (χ1) is 5.91. The minimum absolute atomic E-state index is 0.127. The Morgan fingerprint density at radius 3 is 2.62 bits per heavy atom. The fourth-order valence-corrected chi connectivity index (χ4v) is 1.25. The van der Waals surface area contributed by atoms with Gasteiger partial charge >= 0.3 is 6.18 Å². The molecule has 1 aliphatic carbocycles. The number of aliphatic hydroxyl groups is 1. The van der Waals surface area contributed by atoms with Crippen LogP contribution in [0.5, 0.6) is 0 Å². The van der Waals surface area contributed by atoms with Crippen LogP contribution in [0.2, 0.25) is 0 Å². The largest absolute Gasteiger partial charge is 0.412 e.